The Bertz CT molecular complexity index is 473. The standard InChI is InChI=1S/C12H13BrN2OS/c13-10-1-2-12(9(5-10)3-4-14)16-7-11-6-15-8-17-11/h1-2,5-6,8H,3-4,7,14H2. The van der Waals surface area contributed by atoms with Crippen LogP contribution in [0.5, 0.6) is 5.75 Å². The Morgan fingerprint density at radius 1 is 1.41 bits per heavy atom. The SMILES string of the molecule is NCCc1cc(Br)ccc1OCc1cncs1. The second-order valence-corrected chi connectivity index (χ2v) is 5.43. The molecule has 1 aromatic heterocycles. The van der Waals surface area contributed by atoms with E-state index in [0.717, 1.165) is 27.1 Å². The fraction of sp³-hybridized carbons (Fsp3) is 0.250. The van der Waals surface area contributed by atoms with Crippen molar-refractivity contribution in [2.24, 2.45) is 5.73 Å². The molecule has 3 nitrogen and oxygen atoms in total. The van der Waals surface area contributed by atoms with Crippen molar-refractivity contribution in [2.45, 2.75) is 13.0 Å². The maximum absolute atomic E-state index is 5.78. The van der Waals surface area contributed by atoms with Gasteiger partial charge in [-0.25, -0.2) is 0 Å². The first kappa shape index (κ1) is 12.5. The number of ether oxygens (including phenoxy) is 1. The van der Waals surface area contributed by atoms with Crippen molar-refractivity contribution in [2.75, 3.05) is 6.54 Å². The number of hydrogen-bond acceptors (Lipinski definition) is 4. The van der Waals surface area contributed by atoms with Gasteiger partial charge in [0.25, 0.3) is 0 Å². The van der Waals surface area contributed by atoms with Crippen LogP contribution in [0, 0.1) is 0 Å². The van der Waals surface area contributed by atoms with Crippen LogP contribution in [0.15, 0.2) is 34.4 Å². The smallest absolute Gasteiger partial charge is 0.124 e. The van der Waals surface area contributed by atoms with Crippen LogP contribution in [-0.2, 0) is 13.0 Å². The lowest BCUT2D eigenvalue weighted by Gasteiger charge is -2.10. The average Bonchev–Trinajstić information content (AvgIpc) is 2.81. The van der Waals surface area contributed by atoms with Gasteiger partial charge >= 0.3 is 0 Å². The lowest BCUT2D eigenvalue weighted by Crippen LogP contribution is -2.05. The Morgan fingerprint density at radius 3 is 3.00 bits per heavy atom. The molecule has 90 valence electrons. The minimum absolute atomic E-state index is 0.559. The normalized spacial score (nSPS) is 10.5. The third-order valence-electron chi connectivity index (χ3n) is 2.29. The van der Waals surface area contributed by atoms with E-state index in [1.165, 1.54) is 0 Å². The fourth-order valence-corrected chi connectivity index (χ4v) is 2.42. The zero-order valence-corrected chi connectivity index (χ0v) is 11.6. The van der Waals surface area contributed by atoms with Crippen molar-refractivity contribution in [1.29, 1.82) is 0 Å². The number of aromatic nitrogens is 1. The number of hydrogen-bond donors (Lipinski definition) is 1. The molecule has 17 heavy (non-hydrogen) atoms. The van der Waals surface area contributed by atoms with Crippen LogP contribution in [0.25, 0.3) is 0 Å². The molecule has 0 bridgehead atoms. The number of nitrogens with two attached hydrogens (primary N) is 1. The molecule has 1 aromatic carbocycles. The van der Waals surface area contributed by atoms with E-state index in [9.17, 15) is 0 Å². The van der Waals surface area contributed by atoms with Gasteiger partial charge in [0.1, 0.15) is 12.4 Å². The Hall–Kier alpha value is -0.910. The van der Waals surface area contributed by atoms with E-state index in [4.69, 9.17) is 10.5 Å². The Morgan fingerprint density at radius 2 is 2.29 bits per heavy atom. The third-order valence-corrected chi connectivity index (χ3v) is 3.54. The minimum Gasteiger partial charge on any atom is -0.488 e. The summed E-state index contributed by atoms with van der Waals surface area (Å²) in [6, 6.07) is 5.99. The zero-order chi connectivity index (χ0) is 12.1. The summed E-state index contributed by atoms with van der Waals surface area (Å²) in [4.78, 5) is 5.14. The minimum atomic E-state index is 0.559. The van der Waals surface area contributed by atoms with Crippen molar-refractivity contribution >= 4 is 27.3 Å². The molecule has 0 saturated heterocycles. The molecule has 0 aliphatic carbocycles. The molecular weight excluding hydrogens is 300 g/mol. The van der Waals surface area contributed by atoms with Gasteiger partial charge in [-0.05, 0) is 36.7 Å². The van der Waals surface area contributed by atoms with Gasteiger partial charge in [0.05, 0.1) is 10.4 Å². The first-order valence-corrected chi connectivity index (χ1v) is 6.95. The van der Waals surface area contributed by atoms with Crippen LogP contribution in [0.1, 0.15) is 10.4 Å². The highest BCUT2D eigenvalue weighted by Crippen LogP contribution is 2.24. The number of rotatable bonds is 5. The molecule has 1 heterocycles. The van der Waals surface area contributed by atoms with Gasteiger partial charge in [-0.3, -0.25) is 4.98 Å². The van der Waals surface area contributed by atoms with Gasteiger partial charge in [0.15, 0.2) is 0 Å². The van der Waals surface area contributed by atoms with Crippen molar-refractivity contribution in [3.63, 3.8) is 0 Å². The van der Waals surface area contributed by atoms with Gasteiger partial charge in [-0.1, -0.05) is 15.9 Å². The highest BCUT2D eigenvalue weighted by Gasteiger charge is 2.05. The summed E-state index contributed by atoms with van der Waals surface area (Å²) in [5.74, 6) is 0.895. The second kappa shape index (κ2) is 6.14. The van der Waals surface area contributed by atoms with Crippen LogP contribution < -0.4 is 10.5 Å². The van der Waals surface area contributed by atoms with Gasteiger partial charge in [-0.15, -0.1) is 11.3 Å². The van der Waals surface area contributed by atoms with Crippen molar-refractivity contribution in [1.82, 2.24) is 4.98 Å². The highest BCUT2D eigenvalue weighted by molar-refractivity contribution is 9.10. The molecule has 2 N–H and O–H groups in total. The number of halogens is 1. The van der Waals surface area contributed by atoms with Crippen molar-refractivity contribution < 1.29 is 4.74 Å². The predicted molar refractivity (Wildman–Crippen MR) is 73.3 cm³/mol. The molecule has 5 heteroatoms. The van der Waals surface area contributed by atoms with Gasteiger partial charge in [0, 0.05) is 10.7 Å². The maximum Gasteiger partial charge on any atom is 0.124 e. The first-order valence-electron chi connectivity index (χ1n) is 5.28. The van der Waals surface area contributed by atoms with E-state index in [1.54, 1.807) is 16.8 Å². The summed E-state index contributed by atoms with van der Waals surface area (Å²) in [6.07, 6.45) is 2.64. The van der Waals surface area contributed by atoms with E-state index in [0.29, 0.717) is 13.2 Å². The number of thiazole rings is 1. The van der Waals surface area contributed by atoms with Crippen LogP contribution in [0.3, 0.4) is 0 Å². The third kappa shape index (κ3) is 3.52. The van der Waals surface area contributed by atoms with E-state index in [-0.39, 0.29) is 0 Å². The molecule has 2 aromatic rings. The fourth-order valence-electron chi connectivity index (χ4n) is 1.50. The molecule has 0 radical (unpaired) electrons. The van der Waals surface area contributed by atoms with Gasteiger partial charge < -0.3 is 10.5 Å². The average molecular weight is 313 g/mol. The van der Waals surface area contributed by atoms with E-state index in [2.05, 4.69) is 27.0 Å². The molecule has 0 amide bonds. The molecule has 0 atom stereocenters. The lowest BCUT2D eigenvalue weighted by molar-refractivity contribution is 0.306. The monoisotopic (exact) mass is 312 g/mol. The maximum atomic E-state index is 5.78. The van der Waals surface area contributed by atoms with Crippen LogP contribution >= 0.6 is 27.3 Å². The van der Waals surface area contributed by atoms with Crippen LogP contribution in [0.2, 0.25) is 0 Å². The highest BCUT2D eigenvalue weighted by atomic mass is 79.9. The molecule has 0 aliphatic rings. The predicted octanol–water partition coefficient (Wildman–Crippen LogP) is 2.99. The van der Waals surface area contributed by atoms with Crippen molar-refractivity contribution in [3.05, 3.63) is 44.8 Å². The summed E-state index contributed by atoms with van der Waals surface area (Å²) < 4.78 is 6.83. The molecule has 0 saturated carbocycles. The number of benzene rings is 1. The number of nitrogens with zero attached hydrogens (tertiary/aromatic N) is 1. The first-order chi connectivity index (χ1) is 8.29. The summed E-state index contributed by atoms with van der Waals surface area (Å²) in [7, 11) is 0. The van der Waals surface area contributed by atoms with Crippen LogP contribution in [-0.4, -0.2) is 11.5 Å². The Kier molecular flexibility index (Phi) is 4.53. The summed E-state index contributed by atoms with van der Waals surface area (Å²) in [5.41, 5.74) is 8.53. The quantitative estimate of drug-likeness (QED) is 0.923. The van der Waals surface area contributed by atoms with Crippen molar-refractivity contribution in [3.8, 4) is 5.75 Å². The van der Waals surface area contributed by atoms with Crippen LogP contribution in [0.4, 0.5) is 0 Å². The van der Waals surface area contributed by atoms with E-state index in [1.807, 2.05) is 18.3 Å². The molecule has 0 fully saturated rings. The summed E-state index contributed by atoms with van der Waals surface area (Å²) >= 11 is 5.05. The lowest BCUT2D eigenvalue weighted by atomic mass is 10.1. The topological polar surface area (TPSA) is 48.1 Å². The molecule has 2 rings (SSSR count). The second-order valence-electron chi connectivity index (χ2n) is 3.55. The summed E-state index contributed by atoms with van der Waals surface area (Å²) in [6.45, 7) is 1.18. The molecule has 0 unspecified atom stereocenters. The largest absolute Gasteiger partial charge is 0.488 e. The van der Waals surface area contributed by atoms with Gasteiger partial charge in [0.2, 0.25) is 0 Å². The van der Waals surface area contributed by atoms with E-state index < -0.39 is 0 Å². The summed E-state index contributed by atoms with van der Waals surface area (Å²) in [5, 5.41) is 0. The molecular formula is C12H13BrN2OS. The zero-order valence-electron chi connectivity index (χ0n) is 9.23. The molecule has 0 aliphatic heterocycles. The Labute approximate surface area is 113 Å². The van der Waals surface area contributed by atoms with E-state index >= 15 is 0 Å². The molecule has 0 spiro atoms. The Balaban J connectivity index is 2.08. The van der Waals surface area contributed by atoms with Gasteiger partial charge in [-0.2, -0.15) is 0 Å².